The average molecular weight is 298 g/mol. The fraction of sp³-hybridized carbons (Fsp3) is 0.368. The summed E-state index contributed by atoms with van der Waals surface area (Å²) in [7, 11) is 0. The molecule has 1 heterocycles. The first-order chi connectivity index (χ1) is 10.8. The molecule has 0 aliphatic carbocycles. The highest BCUT2D eigenvalue weighted by atomic mass is 19.1. The Morgan fingerprint density at radius 1 is 1.05 bits per heavy atom. The molecule has 1 unspecified atom stereocenters. The number of aryl methyl sites for hydroxylation is 1. The fourth-order valence-electron chi connectivity index (χ4n) is 3.28. The number of rotatable bonds is 3. The molecule has 3 rings (SSSR count). The minimum Gasteiger partial charge on any atom is -0.315 e. The van der Waals surface area contributed by atoms with Gasteiger partial charge < -0.3 is 5.32 Å². The van der Waals surface area contributed by atoms with Crippen LogP contribution in [0.3, 0.4) is 0 Å². The number of halogens is 1. The Labute approximate surface area is 132 Å². The molecule has 22 heavy (non-hydrogen) atoms. The summed E-state index contributed by atoms with van der Waals surface area (Å²) in [6.45, 7) is 6.19. The van der Waals surface area contributed by atoms with E-state index in [1.807, 2.05) is 12.1 Å². The molecule has 1 fully saturated rings. The van der Waals surface area contributed by atoms with E-state index in [-0.39, 0.29) is 11.9 Å². The largest absolute Gasteiger partial charge is 0.315 e. The molecule has 0 amide bonds. The Morgan fingerprint density at radius 2 is 1.91 bits per heavy atom. The van der Waals surface area contributed by atoms with Gasteiger partial charge in [-0.05, 0) is 48.7 Å². The number of benzene rings is 2. The van der Waals surface area contributed by atoms with E-state index in [0.29, 0.717) is 0 Å². The number of nitrogens with one attached hydrogen (secondary N) is 1. The minimum atomic E-state index is -0.163. The number of hydrogen-bond donors (Lipinski definition) is 1. The molecule has 0 saturated carbocycles. The first-order valence-corrected chi connectivity index (χ1v) is 8.01. The van der Waals surface area contributed by atoms with Crippen molar-refractivity contribution in [2.75, 3.05) is 26.2 Å². The zero-order valence-corrected chi connectivity index (χ0v) is 13.1. The zero-order chi connectivity index (χ0) is 15.4. The summed E-state index contributed by atoms with van der Waals surface area (Å²) in [5.41, 5.74) is 3.57. The molecule has 0 radical (unpaired) electrons. The van der Waals surface area contributed by atoms with E-state index in [9.17, 15) is 4.39 Å². The van der Waals surface area contributed by atoms with Gasteiger partial charge in [-0.2, -0.15) is 0 Å². The monoisotopic (exact) mass is 298 g/mol. The van der Waals surface area contributed by atoms with Gasteiger partial charge in [0.15, 0.2) is 0 Å². The minimum absolute atomic E-state index is 0.122. The summed E-state index contributed by atoms with van der Waals surface area (Å²) in [6.07, 6.45) is 1.12. The van der Waals surface area contributed by atoms with Gasteiger partial charge in [0.05, 0.1) is 6.04 Å². The summed E-state index contributed by atoms with van der Waals surface area (Å²) in [4.78, 5) is 2.47. The van der Waals surface area contributed by atoms with Crippen LogP contribution in [0.4, 0.5) is 4.39 Å². The van der Waals surface area contributed by atoms with Crippen molar-refractivity contribution in [1.82, 2.24) is 10.2 Å². The van der Waals surface area contributed by atoms with Crippen molar-refractivity contribution in [2.24, 2.45) is 0 Å². The zero-order valence-electron chi connectivity index (χ0n) is 13.1. The van der Waals surface area contributed by atoms with E-state index in [2.05, 4.69) is 41.4 Å². The van der Waals surface area contributed by atoms with Crippen molar-refractivity contribution in [1.29, 1.82) is 0 Å². The molecular weight excluding hydrogens is 275 g/mol. The lowest BCUT2D eigenvalue weighted by Crippen LogP contribution is -2.33. The predicted octanol–water partition coefficient (Wildman–Crippen LogP) is 3.52. The highest BCUT2D eigenvalue weighted by Gasteiger charge is 2.24. The molecule has 0 aromatic heterocycles. The normalized spacial score (nSPS) is 17.9. The maximum atomic E-state index is 13.8. The van der Waals surface area contributed by atoms with Crippen molar-refractivity contribution < 1.29 is 4.39 Å². The predicted molar refractivity (Wildman–Crippen MR) is 88.5 cm³/mol. The first kappa shape index (κ1) is 15.2. The molecule has 1 N–H and O–H groups in total. The van der Waals surface area contributed by atoms with Gasteiger partial charge in [0.1, 0.15) is 5.82 Å². The molecule has 2 aromatic rings. The Bertz CT molecular complexity index is 618. The van der Waals surface area contributed by atoms with E-state index >= 15 is 0 Å². The molecule has 116 valence electrons. The van der Waals surface area contributed by atoms with E-state index in [1.54, 1.807) is 6.07 Å². The van der Waals surface area contributed by atoms with Crippen LogP contribution in [-0.2, 0) is 0 Å². The summed E-state index contributed by atoms with van der Waals surface area (Å²) >= 11 is 0. The molecule has 3 heteroatoms. The number of hydrogen-bond acceptors (Lipinski definition) is 2. The third kappa shape index (κ3) is 3.37. The maximum Gasteiger partial charge on any atom is 0.123 e. The van der Waals surface area contributed by atoms with Gasteiger partial charge in [-0.1, -0.05) is 36.4 Å². The third-order valence-corrected chi connectivity index (χ3v) is 4.39. The van der Waals surface area contributed by atoms with Gasteiger partial charge in [0.25, 0.3) is 0 Å². The van der Waals surface area contributed by atoms with Crippen LogP contribution in [0.15, 0.2) is 48.5 Å². The highest BCUT2D eigenvalue weighted by molar-refractivity contribution is 5.37. The van der Waals surface area contributed by atoms with Crippen LogP contribution in [0.1, 0.15) is 29.2 Å². The first-order valence-electron chi connectivity index (χ1n) is 8.01. The standard InChI is InChI=1S/C19H23FN2/c1-15-6-2-3-9-18(15)19(16-7-4-8-17(20)14-16)22-12-5-10-21-11-13-22/h2-4,6-9,14,19,21H,5,10-13H2,1H3. The van der Waals surface area contributed by atoms with Crippen molar-refractivity contribution >= 4 is 0 Å². The molecule has 2 nitrogen and oxygen atoms in total. The molecular formula is C19H23FN2. The Balaban J connectivity index is 2.03. The lowest BCUT2D eigenvalue weighted by atomic mass is 9.93. The second-order valence-corrected chi connectivity index (χ2v) is 5.95. The van der Waals surface area contributed by atoms with Gasteiger partial charge in [0.2, 0.25) is 0 Å². The second-order valence-electron chi connectivity index (χ2n) is 5.95. The smallest absolute Gasteiger partial charge is 0.123 e. The topological polar surface area (TPSA) is 15.3 Å². The summed E-state index contributed by atoms with van der Waals surface area (Å²) < 4.78 is 13.8. The summed E-state index contributed by atoms with van der Waals surface area (Å²) in [6, 6.07) is 15.6. The van der Waals surface area contributed by atoms with E-state index in [0.717, 1.165) is 38.2 Å². The molecule has 2 aromatic carbocycles. The summed E-state index contributed by atoms with van der Waals surface area (Å²) in [5.74, 6) is -0.163. The van der Waals surface area contributed by atoms with Gasteiger partial charge in [-0.15, -0.1) is 0 Å². The summed E-state index contributed by atoms with van der Waals surface area (Å²) in [5, 5.41) is 3.45. The quantitative estimate of drug-likeness (QED) is 0.932. The Hall–Kier alpha value is -1.71. The highest BCUT2D eigenvalue weighted by Crippen LogP contribution is 2.31. The van der Waals surface area contributed by atoms with E-state index in [4.69, 9.17) is 0 Å². The van der Waals surface area contributed by atoms with Gasteiger partial charge in [-0.3, -0.25) is 4.90 Å². The molecule has 0 bridgehead atoms. The number of nitrogens with zero attached hydrogens (tertiary/aromatic N) is 1. The molecule has 1 aliphatic rings. The third-order valence-electron chi connectivity index (χ3n) is 4.39. The second kappa shape index (κ2) is 7.03. The van der Waals surface area contributed by atoms with Crippen LogP contribution in [0.2, 0.25) is 0 Å². The van der Waals surface area contributed by atoms with Crippen LogP contribution in [0.25, 0.3) is 0 Å². The van der Waals surface area contributed by atoms with Crippen LogP contribution in [0.5, 0.6) is 0 Å². The van der Waals surface area contributed by atoms with Gasteiger partial charge in [0, 0.05) is 19.6 Å². The van der Waals surface area contributed by atoms with Gasteiger partial charge in [-0.25, -0.2) is 4.39 Å². The molecule has 1 aliphatic heterocycles. The fourth-order valence-corrected chi connectivity index (χ4v) is 3.28. The van der Waals surface area contributed by atoms with Crippen molar-refractivity contribution in [2.45, 2.75) is 19.4 Å². The van der Waals surface area contributed by atoms with Crippen molar-refractivity contribution in [3.63, 3.8) is 0 Å². The van der Waals surface area contributed by atoms with Crippen LogP contribution in [0, 0.1) is 12.7 Å². The lowest BCUT2D eigenvalue weighted by molar-refractivity contribution is 0.240. The maximum absolute atomic E-state index is 13.8. The van der Waals surface area contributed by atoms with Gasteiger partial charge >= 0.3 is 0 Å². The van der Waals surface area contributed by atoms with E-state index in [1.165, 1.54) is 17.2 Å². The van der Waals surface area contributed by atoms with Crippen LogP contribution >= 0.6 is 0 Å². The molecule has 1 atom stereocenters. The Morgan fingerprint density at radius 3 is 2.73 bits per heavy atom. The molecule has 1 saturated heterocycles. The van der Waals surface area contributed by atoms with Crippen molar-refractivity contribution in [3.05, 3.63) is 71.0 Å². The lowest BCUT2D eigenvalue weighted by Gasteiger charge is -2.32. The van der Waals surface area contributed by atoms with Crippen LogP contribution in [-0.4, -0.2) is 31.1 Å². The molecule has 0 spiro atoms. The SMILES string of the molecule is Cc1ccccc1C(c1cccc(F)c1)N1CCCNCC1. The van der Waals surface area contributed by atoms with Crippen molar-refractivity contribution in [3.8, 4) is 0 Å². The Kier molecular flexibility index (Phi) is 4.86. The average Bonchev–Trinajstić information content (AvgIpc) is 2.79. The van der Waals surface area contributed by atoms with Crippen LogP contribution < -0.4 is 5.32 Å². The van der Waals surface area contributed by atoms with E-state index < -0.39 is 0 Å².